The highest BCUT2D eigenvalue weighted by atomic mass is 16.2. The zero-order chi connectivity index (χ0) is 32.6. The molecule has 2 saturated carbocycles. The number of piperidine rings is 1. The number of ketones is 2. The summed E-state index contributed by atoms with van der Waals surface area (Å²) >= 11 is 0. The van der Waals surface area contributed by atoms with Crippen LogP contribution in [0.25, 0.3) is 0 Å². The molecule has 3 aliphatic carbocycles. The number of Topliss-reactive ketones (excluding diaryl/α,β-unsaturated/α-hetero) is 2. The second kappa shape index (κ2) is 12.8. The first-order valence-corrected chi connectivity index (χ1v) is 16.0. The SMILES string of the molecule is C=CCNC(=O)C(=O)CNC(=O)[C@@H]1[C@@H]2[C@H](CN1C(=O)[C@@H](NC(=O)N[C@H](C(=O)C1CC1)C(C)C)C1Cc3ccccc3C1)C2(C)C. The monoisotopic (exact) mass is 619 g/mol. The van der Waals surface area contributed by atoms with Crippen LogP contribution in [0.2, 0.25) is 0 Å². The average molecular weight is 620 g/mol. The van der Waals surface area contributed by atoms with Crippen molar-refractivity contribution in [2.75, 3.05) is 19.6 Å². The van der Waals surface area contributed by atoms with Crippen molar-refractivity contribution in [1.82, 2.24) is 26.2 Å². The molecule has 3 fully saturated rings. The molecule has 5 atom stereocenters. The van der Waals surface area contributed by atoms with Crippen LogP contribution in [0.5, 0.6) is 0 Å². The molecule has 1 saturated heterocycles. The number of hydrogen-bond acceptors (Lipinski definition) is 6. The van der Waals surface area contributed by atoms with Crippen LogP contribution in [0.4, 0.5) is 4.79 Å². The molecule has 0 bridgehead atoms. The van der Waals surface area contributed by atoms with E-state index in [1.807, 2.05) is 38.1 Å². The van der Waals surface area contributed by atoms with E-state index in [2.05, 4.69) is 41.7 Å². The van der Waals surface area contributed by atoms with Crippen molar-refractivity contribution < 1.29 is 28.8 Å². The molecule has 11 heteroatoms. The van der Waals surface area contributed by atoms with Gasteiger partial charge in [0, 0.05) is 19.0 Å². The second-order valence-corrected chi connectivity index (χ2v) is 14.0. The Morgan fingerprint density at radius 2 is 1.64 bits per heavy atom. The van der Waals surface area contributed by atoms with Crippen LogP contribution in [-0.2, 0) is 36.8 Å². The molecule has 4 aliphatic rings. The molecule has 0 radical (unpaired) electrons. The van der Waals surface area contributed by atoms with Crippen molar-refractivity contribution in [2.24, 2.45) is 35.0 Å². The Labute approximate surface area is 264 Å². The molecule has 11 nitrogen and oxygen atoms in total. The van der Waals surface area contributed by atoms with Crippen LogP contribution in [0.3, 0.4) is 0 Å². The summed E-state index contributed by atoms with van der Waals surface area (Å²) < 4.78 is 0. The molecular formula is C34H45N5O6. The fraction of sp³-hybridized carbons (Fsp3) is 0.588. The van der Waals surface area contributed by atoms with Gasteiger partial charge in [-0.15, -0.1) is 6.58 Å². The summed E-state index contributed by atoms with van der Waals surface area (Å²) in [6, 6.07) is 4.90. The molecule has 1 aliphatic heterocycles. The zero-order valence-electron chi connectivity index (χ0n) is 26.6. The molecule has 0 spiro atoms. The number of carbonyl (C=O) groups is 6. The quantitative estimate of drug-likeness (QED) is 0.194. The Hall–Kier alpha value is -4.02. The minimum atomic E-state index is -0.941. The third-order valence-corrected chi connectivity index (χ3v) is 10.2. The highest BCUT2D eigenvalue weighted by Crippen LogP contribution is 2.65. The van der Waals surface area contributed by atoms with Gasteiger partial charge in [0.2, 0.25) is 17.6 Å². The van der Waals surface area contributed by atoms with E-state index in [1.54, 1.807) is 4.90 Å². The Morgan fingerprint density at radius 3 is 2.22 bits per heavy atom. The van der Waals surface area contributed by atoms with Gasteiger partial charge in [0.1, 0.15) is 12.1 Å². The maximum absolute atomic E-state index is 14.4. The van der Waals surface area contributed by atoms with Crippen LogP contribution in [0.1, 0.15) is 51.7 Å². The molecule has 0 aromatic heterocycles. The number of amides is 5. The van der Waals surface area contributed by atoms with Gasteiger partial charge >= 0.3 is 6.03 Å². The third-order valence-electron chi connectivity index (χ3n) is 10.2. The molecular weight excluding hydrogens is 574 g/mol. The number of hydrogen-bond donors (Lipinski definition) is 4. The summed E-state index contributed by atoms with van der Waals surface area (Å²) in [4.78, 5) is 80.3. The van der Waals surface area contributed by atoms with E-state index in [0.717, 1.165) is 24.0 Å². The topological polar surface area (TPSA) is 154 Å². The van der Waals surface area contributed by atoms with Crippen molar-refractivity contribution >= 4 is 35.3 Å². The summed E-state index contributed by atoms with van der Waals surface area (Å²) in [6.07, 6.45) is 4.27. The normalized spacial score (nSPS) is 24.1. The largest absolute Gasteiger partial charge is 0.347 e. The van der Waals surface area contributed by atoms with Gasteiger partial charge in [-0.3, -0.25) is 24.0 Å². The summed E-state index contributed by atoms with van der Waals surface area (Å²) in [6.45, 7) is 11.4. The minimum Gasteiger partial charge on any atom is -0.347 e. The predicted octanol–water partition coefficient (Wildman–Crippen LogP) is 1.54. The van der Waals surface area contributed by atoms with E-state index in [4.69, 9.17) is 0 Å². The van der Waals surface area contributed by atoms with Gasteiger partial charge in [0.05, 0.1) is 12.6 Å². The van der Waals surface area contributed by atoms with E-state index >= 15 is 0 Å². The third kappa shape index (κ3) is 6.67. The summed E-state index contributed by atoms with van der Waals surface area (Å²) in [7, 11) is 0. The number of nitrogens with one attached hydrogen (secondary N) is 4. The second-order valence-electron chi connectivity index (χ2n) is 14.0. The molecule has 5 amide bonds. The lowest BCUT2D eigenvalue weighted by atomic mass is 9.93. The van der Waals surface area contributed by atoms with Gasteiger partial charge in [0.25, 0.3) is 5.91 Å². The Kier molecular flexibility index (Phi) is 9.19. The van der Waals surface area contributed by atoms with Crippen LogP contribution in [0.15, 0.2) is 36.9 Å². The van der Waals surface area contributed by atoms with E-state index < -0.39 is 48.3 Å². The lowest BCUT2D eigenvalue weighted by Gasteiger charge is -2.35. The van der Waals surface area contributed by atoms with Gasteiger partial charge in [-0.2, -0.15) is 0 Å². The Balaban J connectivity index is 1.34. The standard InChI is InChI=1S/C34H45N5O6/c1-6-13-35-30(42)24(40)16-36-31(43)28-25-23(34(25,4)5)17-39(28)32(44)27(22-14-20-9-7-8-10-21(20)15-22)38-33(45)37-26(18(2)3)29(41)19-11-12-19/h6-10,18-19,22-23,25-28H,1,11-17H2,2-5H3,(H,35,42)(H,36,43)(H2,37,38,45)/t23-,25-,26-,27-,28-/m0/s1. The van der Waals surface area contributed by atoms with Crippen molar-refractivity contribution in [3.8, 4) is 0 Å². The number of benzene rings is 1. The Bertz CT molecular complexity index is 1380. The Morgan fingerprint density at radius 1 is 1.00 bits per heavy atom. The number of urea groups is 1. The highest BCUT2D eigenvalue weighted by molar-refractivity contribution is 6.37. The molecule has 45 heavy (non-hydrogen) atoms. The first-order valence-electron chi connectivity index (χ1n) is 16.0. The first kappa shape index (κ1) is 32.4. The number of fused-ring (bicyclic) bond motifs is 2. The van der Waals surface area contributed by atoms with Gasteiger partial charge in [0.15, 0.2) is 5.78 Å². The van der Waals surface area contributed by atoms with Crippen LogP contribution in [0, 0.1) is 35.0 Å². The number of rotatable bonds is 13. The van der Waals surface area contributed by atoms with E-state index in [1.165, 1.54) is 6.08 Å². The first-order chi connectivity index (χ1) is 21.3. The summed E-state index contributed by atoms with van der Waals surface area (Å²) in [5.41, 5.74) is 2.04. The highest BCUT2D eigenvalue weighted by Gasteiger charge is 2.69. The predicted molar refractivity (Wildman–Crippen MR) is 167 cm³/mol. The van der Waals surface area contributed by atoms with Gasteiger partial charge in [-0.05, 0) is 65.9 Å². The van der Waals surface area contributed by atoms with Gasteiger partial charge in [-0.25, -0.2) is 4.79 Å². The molecule has 1 aromatic rings. The fourth-order valence-corrected chi connectivity index (χ4v) is 7.33. The smallest absolute Gasteiger partial charge is 0.316 e. The maximum Gasteiger partial charge on any atom is 0.316 e. The van der Waals surface area contributed by atoms with Gasteiger partial charge in [-0.1, -0.05) is 58.0 Å². The van der Waals surface area contributed by atoms with E-state index in [0.29, 0.717) is 19.4 Å². The zero-order valence-corrected chi connectivity index (χ0v) is 26.6. The fourth-order valence-electron chi connectivity index (χ4n) is 7.33. The van der Waals surface area contributed by atoms with Crippen LogP contribution >= 0.6 is 0 Å². The lowest BCUT2D eigenvalue weighted by Crippen LogP contribution is -2.60. The van der Waals surface area contributed by atoms with Crippen LogP contribution in [-0.4, -0.2) is 78.0 Å². The van der Waals surface area contributed by atoms with E-state index in [-0.39, 0.29) is 53.2 Å². The molecule has 0 unspecified atom stereocenters. The van der Waals surface area contributed by atoms with Crippen molar-refractivity contribution in [3.05, 3.63) is 48.0 Å². The lowest BCUT2D eigenvalue weighted by molar-refractivity contribution is -0.143. The minimum absolute atomic E-state index is 0.0163. The van der Waals surface area contributed by atoms with E-state index in [9.17, 15) is 28.8 Å². The number of nitrogens with zero attached hydrogens (tertiary/aromatic N) is 1. The maximum atomic E-state index is 14.4. The molecule has 5 rings (SSSR count). The average Bonchev–Trinajstić information content (AvgIpc) is 3.81. The summed E-state index contributed by atoms with van der Waals surface area (Å²) in [5.74, 6) is -2.90. The molecule has 1 aromatic carbocycles. The molecule has 242 valence electrons. The van der Waals surface area contributed by atoms with Crippen molar-refractivity contribution in [2.45, 2.75) is 71.5 Å². The molecule has 1 heterocycles. The van der Waals surface area contributed by atoms with Crippen LogP contribution < -0.4 is 21.3 Å². The van der Waals surface area contributed by atoms with Crippen molar-refractivity contribution in [1.29, 1.82) is 0 Å². The number of carbonyl (C=O) groups excluding carboxylic acids is 6. The van der Waals surface area contributed by atoms with Gasteiger partial charge < -0.3 is 26.2 Å². The molecule has 4 N–H and O–H groups in total. The summed E-state index contributed by atoms with van der Waals surface area (Å²) in [5, 5.41) is 10.8. The van der Waals surface area contributed by atoms with Crippen molar-refractivity contribution in [3.63, 3.8) is 0 Å². The number of likely N-dealkylation sites (tertiary alicyclic amines) is 1.